The van der Waals surface area contributed by atoms with Gasteiger partial charge < -0.3 is 14.8 Å². The van der Waals surface area contributed by atoms with E-state index in [-0.39, 0.29) is 0 Å². The van der Waals surface area contributed by atoms with Crippen LogP contribution in [-0.4, -0.2) is 25.9 Å². The van der Waals surface area contributed by atoms with Crippen molar-refractivity contribution in [1.29, 1.82) is 0 Å². The fourth-order valence-electron chi connectivity index (χ4n) is 2.23. The molecule has 1 aliphatic rings. The van der Waals surface area contributed by atoms with E-state index in [2.05, 4.69) is 36.5 Å². The molecule has 3 nitrogen and oxygen atoms in total. The van der Waals surface area contributed by atoms with Crippen molar-refractivity contribution < 1.29 is 9.47 Å². The van der Waals surface area contributed by atoms with Crippen molar-refractivity contribution in [2.75, 3.05) is 19.8 Å². The van der Waals surface area contributed by atoms with Crippen molar-refractivity contribution in [3.8, 4) is 5.75 Å². The van der Waals surface area contributed by atoms with E-state index in [4.69, 9.17) is 9.47 Å². The second kappa shape index (κ2) is 8.28. The minimum Gasteiger partial charge on any atom is -0.490 e. The highest BCUT2D eigenvalue weighted by Crippen LogP contribution is 2.29. The van der Waals surface area contributed by atoms with Gasteiger partial charge >= 0.3 is 0 Å². The Bertz CT molecular complexity index is 390. The van der Waals surface area contributed by atoms with Gasteiger partial charge in [0, 0.05) is 19.3 Å². The van der Waals surface area contributed by atoms with Crippen molar-refractivity contribution in [2.45, 2.75) is 51.7 Å². The van der Waals surface area contributed by atoms with Gasteiger partial charge in [0.1, 0.15) is 5.75 Å². The largest absolute Gasteiger partial charge is 0.490 e. The van der Waals surface area contributed by atoms with Crippen LogP contribution in [-0.2, 0) is 4.74 Å². The van der Waals surface area contributed by atoms with Gasteiger partial charge in [-0.05, 0) is 56.8 Å². The molecule has 0 amide bonds. The lowest BCUT2D eigenvalue weighted by molar-refractivity contribution is 0.136. The Morgan fingerprint density at radius 3 is 2.85 bits per heavy atom. The molecule has 1 N–H and O–H groups in total. The molecule has 1 aromatic rings. The van der Waals surface area contributed by atoms with Crippen LogP contribution in [0.5, 0.6) is 5.75 Å². The number of ether oxygens (including phenoxy) is 2. The Balaban J connectivity index is 1.97. The first-order valence-corrected chi connectivity index (χ1v) is 7.91. The third kappa shape index (κ3) is 5.14. The minimum absolute atomic E-state index is 0.351. The molecule has 0 aliphatic heterocycles. The van der Waals surface area contributed by atoms with Gasteiger partial charge in [-0.15, -0.1) is 0 Å². The maximum atomic E-state index is 5.89. The molecule has 1 aliphatic carbocycles. The topological polar surface area (TPSA) is 30.5 Å². The summed E-state index contributed by atoms with van der Waals surface area (Å²) in [6.45, 7) is 6.85. The molecule has 1 atom stereocenters. The number of benzene rings is 1. The fraction of sp³-hybridized carbons (Fsp3) is 0.647. The highest BCUT2D eigenvalue weighted by Gasteiger charge is 2.23. The van der Waals surface area contributed by atoms with Gasteiger partial charge in [0.05, 0.1) is 6.10 Å². The predicted octanol–water partition coefficient (Wildman–Crippen LogP) is 3.70. The quantitative estimate of drug-likeness (QED) is 0.662. The van der Waals surface area contributed by atoms with E-state index >= 15 is 0 Å². The molecule has 1 saturated carbocycles. The molecule has 3 heteroatoms. The highest BCUT2D eigenvalue weighted by atomic mass is 16.5. The monoisotopic (exact) mass is 277 g/mol. The van der Waals surface area contributed by atoms with E-state index in [0.29, 0.717) is 12.1 Å². The van der Waals surface area contributed by atoms with Crippen molar-refractivity contribution >= 4 is 0 Å². The van der Waals surface area contributed by atoms with Crippen LogP contribution < -0.4 is 10.1 Å². The Morgan fingerprint density at radius 1 is 1.30 bits per heavy atom. The first-order valence-electron chi connectivity index (χ1n) is 7.91. The van der Waals surface area contributed by atoms with Gasteiger partial charge in [0.15, 0.2) is 0 Å². The summed E-state index contributed by atoms with van der Waals surface area (Å²) in [5.41, 5.74) is 1.30. The lowest BCUT2D eigenvalue weighted by atomic mass is 10.0. The first-order chi connectivity index (χ1) is 9.83. The molecular formula is C17H27NO2. The van der Waals surface area contributed by atoms with E-state index < -0.39 is 0 Å². The average molecular weight is 277 g/mol. The zero-order valence-electron chi connectivity index (χ0n) is 12.7. The van der Waals surface area contributed by atoms with Crippen LogP contribution in [0.1, 0.15) is 51.1 Å². The third-order valence-corrected chi connectivity index (χ3v) is 3.48. The fourth-order valence-corrected chi connectivity index (χ4v) is 2.23. The number of hydrogen-bond acceptors (Lipinski definition) is 3. The number of rotatable bonds is 10. The minimum atomic E-state index is 0.351. The van der Waals surface area contributed by atoms with Crippen molar-refractivity contribution in [3.05, 3.63) is 29.8 Å². The van der Waals surface area contributed by atoms with Crippen molar-refractivity contribution in [3.63, 3.8) is 0 Å². The average Bonchev–Trinajstić information content (AvgIpc) is 3.27. The zero-order valence-corrected chi connectivity index (χ0v) is 12.7. The summed E-state index contributed by atoms with van der Waals surface area (Å²) in [5.74, 6) is 1.00. The van der Waals surface area contributed by atoms with Crippen molar-refractivity contribution in [1.82, 2.24) is 5.32 Å². The maximum Gasteiger partial charge on any atom is 0.120 e. The van der Waals surface area contributed by atoms with E-state index in [1.807, 2.05) is 6.92 Å². The molecule has 0 aromatic heterocycles. The van der Waals surface area contributed by atoms with Crippen LogP contribution in [0.4, 0.5) is 0 Å². The molecule has 0 spiro atoms. The van der Waals surface area contributed by atoms with Crippen LogP contribution in [0, 0.1) is 0 Å². The zero-order chi connectivity index (χ0) is 14.2. The summed E-state index contributed by atoms with van der Waals surface area (Å²) in [4.78, 5) is 0. The van der Waals surface area contributed by atoms with E-state index in [9.17, 15) is 0 Å². The number of hydrogen-bond donors (Lipinski definition) is 1. The molecule has 1 unspecified atom stereocenters. The third-order valence-electron chi connectivity index (χ3n) is 3.48. The summed E-state index contributed by atoms with van der Waals surface area (Å²) < 4.78 is 11.4. The van der Waals surface area contributed by atoms with Crippen LogP contribution in [0.2, 0.25) is 0 Å². The molecular weight excluding hydrogens is 250 g/mol. The molecule has 0 saturated heterocycles. The summed E-state index contributed by atoms with van der Waals surface area (Å²) in [6.07, 6.45) is 5.00. The maximum absolute atomic E-state index is 5.89. The van der Waals surface area contributed by atoms with Crippen LogP contribution >= 0.6 is 0 Å². The highest BCUT2D eigenvalue weighted by molar-refractivity contribution is 5.31. The first kappa shape index (κ1) is 15.3. The predicted molar refractivity (Wildman–Crippen MR) is 82.2 cm³/mol. The normalized spacial score (nSPS) is 16.1. The molecule has 20 heavy (non-hydrogen) atoms. The Kier molecular flexibility index (Phi) is 6.34. The van der Waals surface area contributed by atoms with E-state index in [0.717, 1.165) is 38.3 Å². The summed E-state index contributed by atoms with van der Waals surface area (Å²) in [5, 5.41) is 3.61. The summed E-state index contributed by atoms with van der Waals surface area (Å²) in [6, 6.07) is 8.86. The van der Waals surface area contributed by atoms with Gasteiger partial charge in [-0.25, -0.2) is 0 Å². The lowest BCUT2D eigenvalue weighted by Crippen LogP contribution is -2.23. The Morgan fingerprint density at radius 2 is 2.15 bits per heavy atom. The van der Waals surface area contributed by atoms with Crippen molar-refractivity contribution in [2.24, 2.45) is 0 Å². The van der Waals surface area contributed by atoms with E-state index in [1.54, 1.807) is 0 Å². The van der Waals surface area contributed by atoms with Crippen LogP contribution in [0.25, 0.3) is 0 Å². The second-order valence-electron chi connectivity index (χ2n) is 5.38. The van der Waals surface area contributed by atoms with Gasteiger partial charge in [-0.3, -0.25) is 0 Å². The molecule has 0 radical (unpaired) electrons. The molecule has 2 rings (SSSR count). The molecule has 0 bridgehead atoms. The van der Waals surface area contributed by atoms with Gasteiger partial charge in [0.2, 0.25) is 0 Å². The summed E-state index contributed by atoms with van der Waals surface area (Å²) in [7, 11) is 0. The van der Waals surface area contributed by atoms with Gasteiger partial charge in [-0.2, -0.15) is 0 Å². The lowest BCUT2D eigenvalue weighted by Gasteiger charge is -2.19. The second-order valence-corrected chi connectivity index (χ2v) is 5.38. The van der Waals surface area contributed by atoms with Gasteiger partial charge in [-0.1, -0.05) is 19.1 Å². The van der Waals surface area contributed by atoms with E-state index in [1.165, 1.54) is 18.4 Å². The molecule has 1 aromatic carbocycles. The van der Waals surface area contributed by atoms with Crippen LogP contribution in [0.15, 0.2) is 24.3 Å². The standard InChI is InChI=1S/C17H27NO2/c1-3-11-18-17(10-12-19-4-2)14-6-5-7-16(13-14)20-15-8-9-15/h5-7,13,15,17-18H,3-4,8-12H2,1-2H3. The van der Waals surface area contributed by atoms with Gasteiger partial charge in [0.25, 0.3) is 0 Å². The summed E-state index contributed by atoms with van der Waals surface area (Å²) >= 11 is 0. The molecule has 1 fully saturated rings. The number of nitrogens with one attached hydrogen (secondary N) is 1. The molecule has 112 valence electrons. The Labute approximate surface area is 122 Å². The van der Waals surface area contributed by atoms with Crippen LogP contribution in [0.3, 0.4) is 0 Å². The molecule has 0 heterocycles. The SMILES string of the molecule is CCCNC(CCOCC)c1cccc(OC2CC2)c1. The Hall–Kier alpha value is -1.06. The smallest absolute Gasteiger partial charge is 0.120 e.